The zero-order valence-electron chi connectivity index (χ0n) is 13.0. The maximum absolute atomic E-state index is 12.1. The Kier molecular flexibility index (Phi) is 6.52. The average Bonchev–Trinajstić information content (AvgIpc) is 2.45. The summed E-state index contributed by atoms with van der Waals surface area (Å²) in [5.74, 6) is 0.670. The fourth-order valence-corrected chi connectivity index (χ4v) is 1.90. The summed E-state index contributed by atoms with van der Waals surface area (Å²) < 4.78 is 0. The molecule has 1 atom stereocenters. The molecular formula is C16H27N3O. The van der Waals surface area contributed by atoms with Crippen molar-refractivity contribution < 1.29 is 4.79 Å². The van der Waals surface area contributed by atoms with Crippen LogP contribution in [0.25, 0.3) is 0 Å². The molecule has 0 fully saturated rings. The number of carbonyl (C=O) groups is 1. The molecule has 1 rings (SSSR count). The number of nitrogens with zero attached hydrogens (tertiary/aromatic N) is 1. The summed E-state index contributed by atoms with van der Waals surface area (Å²) in [5.41, 5.74) is 7.70. The Bertz CT molecular complexity index is 414. The zero-order chi connectivity index (χ0) is 15.1. The molecule has 0 bridgehead atoms. The lowest BCUT2D eigenvalue weighted by Gasteiger charge is -2.26. The van der Waals surface area contributed by atoms with Crippen LogP contribution in [0, 0.1) is 5.92 Å². The molecule has 3 N–H and O–H groups in total. The van der Waals surface area contributed by atoms with Crippen LogP contribution in [0.2, 0.25) is 0 Å². The van der Waals surface area contributed by atoms with Crippen molar-refractivity contribution in [2.24, 2.45) is 11.7 Å². The fourth-order valence-electron chi connectivity index (χ4n) is 1.90. The first-order valence-electron chi connectivity index (χ1n) is 7.25. The van der Waals surface area contributed by atoms with Crippen LogP contribution in [-0.2, 0) is 11.3 Å². The number of hydrogen-bond acceptors (Lipinski definition) is 3. The summed E-state index contributed by atoms with van der Waals surface area (Å²) in [4.78, 5) is 14.1. The highest BCUT2D eigenvalue weighted by atomic mass is 16.2. The number of hydrogen-bond donors (Lipinski definition) is 2. The van der Waals surface area contributed by atoms with Crippen LogP contribution in [0.5, 0.6) is 0 Å². The largest absolute Gasteiger partial charge is 0.363 e. The van der Waals surface area contributed by atoms with Gasteiger partial charge in [-0.25, -0.2) is 0 Å². The first kappa shape index (κ1) is 16.5. The summed E-state index contributed by atoms with van der Waals surface area (Å²) in [6.07, 6.45) is 1.01. The van der Waals surface area contributed by atoms with Gasteiger partial charge in [-0.1, -0.05) is 26.0 Å². The minimum atomic E-state index is -0.189. The minimum Gasteiger partial charge on any atom is -0.363 e. The van der Waals surface area contributed by atoms with Gasteiger partial charge in [-0.2, -0.15) is 0 Å². The second kappa shape index (κ2) is 7.90. The van der Waals surface area contributed by atoms with E-state index in [-0.39, 0.29) is 11.9 Å². The molecule has 1 aromatic rings. The highest BCUT2D eigenvalue weighted by Crippen LogP contribution is 2.16. The number of nitrogens with one attached hydrogen (secondary N) is 1. The van der Waals surface area contributed by atoms with Gasteiger partial charge >= 0.3 is 0 Å². The van der Waals surface area contributed by atoms with Crippen LogP contribution in [-0.4, -0.2) is 25.5 Å². The van der Waals surface area contributed by atoms with Crippen molar-refractivity contribution in [3.8, 4) is 0 Å². The molecule has 0 aliphatic rings. The lowest BCUT2D eigenvalue weighted by molar-refractivity contribution is -0.122. The van der Waals surface area contributed by atoms with Gasteiger partial charge in [-0.15, -0.1) is 0 Å². The summed E-state index contributed by atoms with van der Waals surface area (Å²) >= 11 is 0. The number of rotatable bonds is 7. The van der Waals surface area contributed by atoms with Crippen molar-refractivity contribution in [3.05, 3.63) is 29.8 Å². The molecule has 0 radical (unpaired) electrons. The Labute approximate surface area is 122 Å². The van der Waals surface area contributed by atoms with E-state index in [2.05, 4.69) is 19.2 Å². The van der Waals surface area contributed by atoms with Crippen molar-refractivity contribution in [2.75, 3.05) is 18.5 Å². The smallest absolute Gasteiger partial charge is 0.242 e. The molecule has 4 nitrogen and oxygen atoms in total. The number of carbonyl (C=O) groups excluding carboxylic acids is 1. The molecule has 0 aromatic heterocycles. The highest BCUT2D eigenvalue weighted by Gasteiger charge is 2.17. The van der Waals surface area contributed by atoms with Crippen LogP contribution >= 0.6 is 0 Å². The highest BCUT2D eigenvalue weighted by molar-refractivity contribution is 5.84. The molecule has 0 heterocycles. The van der Waals surface area contributed by atoms with Gasteiger partial charge in [0.15, 0.2) is 0 Å². The number of nitrogens with two attached hydrogens (primary N) is 1. The molecule has 0 saturated carbocycles. The Morgan fingerprint density at radius 3 is 2.35 bits per heavy atom. The van der Waals surface area contributed by atoms with Crippen molar-refractivity contribution in [1.29, 1.82) is 0 Å². The molecule has 1 aromatic carbocycles. The lowest BCUT2D eigenvalue weighted by atomic mass is 10.1. The molecule has 0 aliphatic heterocycles. The topological polar surface area (TPSA) is 58.4 Å². The number of anilines is 1. The third kappa shape index (κ3) is 4.85. The molecule has 1 unspecified atom stereocenters. The third-order valence-corrected chi connectivity index (χ3v) is 3.56. The van der Waals surface area contributed by atoms with E-state index in [0.717, 1.165) is 24.2 Å². The van der Waals surface area contributed by atoms with Gasteiger partial charge in [0, 0.05) is 25.8 Å². The maximum Gasteiger partial charge on any atom is 0.242 e. The Balaban J connectivity index is 2.56. The molecule has 112 valence electrons. The summed E-state index contributed by atoms with van der Waals surface area (Å²) in [6.45, 7) is 7.50. The van der Waals surface area contributed by atoms with E-state index in [9.17, 15) is 4.79 Å². The monoisotopic (exact) mass is 277 g/mol. The fraction of sp³-hybridized carbons (Fsp3) is 0.562. The van der Waals surface area contributed by atoms with E-state index < -0.39 is 0 Å². The number of benzene rings is 1. The van der Waals surface area contributed by atoms with E-state index in [1.807, 2.05) is 43.1 Å². The second-order valence-electron chi connectivity index (χ2n) is 5.63. The predicted molar refractivity (Wildman–Crippen MR) is 84.7 cm³/mol. The normalized spacial score (nSPS) is 12.3. The van der Waals surface area contributed by atoms with Crippen LogP contribution < -0.4 is 16.0 Å². The van der Waals surface area contributed by atoms with E-state index in [0.29, 0.717) is 12.5 Å². The average molecular weight is 277 g/mol. The first-order valence-corrected chi connectivity index (χ1v) is 7.25. The Morgan fingerprint density at radius 2 is 1.85 bits per heavy atom. The Morgan fingerprint density at radius 1 is 1.25 bits per heavy atom. The summed E-state index contributed by atoms with van der Waals surface area (Å²) in [7, 11) is 1.93. The van der Waals surface area contributed by atoms with Crippen LogP contribution in [0.4, 0.5) is 5.69 Å². The van der Waals surface area contributed by atoms with Gasteiger partial charge in [0.2, 0.25) is 5.91 Å². The van der Waals surface area contributed by atoms with Gasteiger partial charge in [0.1, 0.15) is 6.04 Å². The summed E-state index contributed by atoms with van der Waals surface area (Å²) in [5, 5.41) is 2.99. The molecule has 20 heavy (non-hydrogen) atoms. The lowest BCUT2D eigenvalue weighted by Crippen LogP contribution is -2.43. The van der Waals surface area contributed by atoms with Crippen molar-refractivity contribution >= 4 is 11.6 Å². The van der Waals surface area contributed by atoms with Crippen LogP contribution in [0.1, 0.15) is 32.8 Å². The number of amides is 1. The van der Waals surface area contributed by atoms with Gasteiger partial charge in [0.25, 0.3) is 0 Å². The molecule has 4 heteroatoms. The van der Waals surface area contributed by atoms with E-state index in [4.69, 9.17) is 5.73 Å². The van der Waals surface area contributed by atoms with Crippen molar-refractivity contribution in [2.45, 2.75) is 39.8 Å². The first-order chi connectivity index (χ1) is 9.45. The minimum absolute atomic E-state index is 0.0658. The van der Waals surface area contributed by atoms with Crippen molar-refractivity contribution in [1.82, 2.24) is 5.32 Å². The number of likely N-dealkylation sites (N-methyl/N-ethyl adjacent to an activating group) is 1. The van der Waals surface area contributed by atoms with E-state index in [1.165, 1.54) is 0 Å². The van der Waals surface area contributed by atoms with Crippen molar-refractivity contribution in [3.63, 3.8) is 0 Å². The zero-order valence-corrected chi connectivity index (χ0v) is 13.0. The van der Waals surface area contributed by atoms with Gasteiger partial charge < -0.3 is 16.0 Å². The molecular weight excluding hydrogens is 250 g/mol. The predicted octanol–water partition coefficient (Wildman–Crippen LogP) is 2.13. The molecule has 0 aliphatic carbocycles. The molecule has 0 spiro atoms. The van der Waals surface area contributed by atoms with Crippen LogP contribution in [0.15, 0.2) is 24.3 Å². The third-order valence-electron chi connectivity index (χ3n) is 3.56. The SMILES string of the molecule is CC(C)CCNC(=O)C(C)N(C)c1ccc(CN)cc1. The van der Waals surface area contributed by atoms with E-state index in [1.54, 1.807) is 0 Å². The van der Waals surface area contributed by atoms with Gasteiger partial charge in [-0.05, 0) is 37.0 Å². The molecule has 1 amide bonds. The van der Waals surface area contributed by atoms with Gasteiger partial charge in [0.05, 0.1) is 0 Å². The summed E-state index contributed by atoms with van der Waals surface area (Å²) in [6, 6.07) is 7.80. The Hall–Kier alpha value is -1.55. The second-order valence-corrected chi connectivity index (χ2v) is 5.63. The molecule has 0 saturated heterocycles. The standard InChI is InChI=1S/C16H27N3O/c1-12(2)9-10-18-16(20)13(3)19(4)15-7-5-14(11-17)6-8-15/h5-8,12-13H,9-11,17H2,1-4H3,(H,18,20). The van der Waals surface area contributed by atoms with Gasteiger partial charge in [-0.3, -0.25) is 4.79 Å². The van der Waals surface area contributed by atoms with Crippen LogP contribution in [0.3, 0.4) is 0 Å². The van der Waals surface area contributed by atoms with E-state index >= 15 is 0 Å². The quantitative estimate of drug-likeness (QED) is 0.802. The maximum atomic E-state index is 12.1.